The number of carbonyl (C=O) groups is 4. The summed E-state index contributed by atoms with van der Waals surface area (Å²) in [5.41, 5.74) is 1.08. The molecule has 0 saturated carbocycles. The molecular weight excluding hydrogens is 660 g/mol. The molecule has 2 aromatic carbocycles. The summed E-state index contributed by atoms with van der Waals surface area (Å²) in [6.07, 6.45) is -7.36. The van der Waals surface area contributed by atoms with Gasteiger partial charge in [-0.3, -0.25) is 14.4 Å². The smallest absolute Gasteiger partial charge is 0.475 e. The van der Waals surface area contributed by atoms with E-state index in [4.69, 9.17) is 9.90 Å². The minimum Gasteiger partial charge on any atom is -0.475 e. The fraction of sp³-hybridized carbons (Fsp3) is 0.364. The molecule has 5 rings (SSSR count). The van der Waals surface area contributed by atoms with Crippen molar-refractivity contribution in [1.82, 2.24) is 15.2 Å². The second-order valence-corrected chi connectivity index (χ2v) is 12.2. The molecule has 4 N–H and O–H groups in total. The summed E-state index contributed by atoms with van der Waals surface area (Å²) in [7, 11) is 1.74. The molecule has 0 unspecified atom stereocenters. The summed E-state index contributed by atoms with van der Waals surface area (Å²) in [6, 6.07) is 16.1. The molecular formula is C33H33F6N5O5. The number of aromatic nitrogens is 1. The monoisotopic (exact) mass is 693 g/mol. The Bertz CT molecular complexity index is 1760. The predicted octanol–water partition coefficient (Wildman–Crippen LogP) is 4.98. The van der Waals surface area contributed by atoms with Gasteiger partial charge in [-0.15, -0.1) is 0 Å². The fourth-order valence-corrected chi connectivity index (χ4v) is 5.72. The predicted molar refractivity (Wildman–Crippen MR) is 165 cm³/mol. The molecule has 49 heavy (non-hydrogen) atoms. The maximum absolute atomic E-state index is 13.8. The Morgan fingerprint density at radius 2 is 1.59 bits per heavy atom. The lowest BCUT2D eigenvalue weighted by molar-refractivity contribution is -0.217. The number of hydrogen-bond acceptors (Lipinski definition) is 6. The number of fused-ring (bicyclic) bond motifs is 3. The number of carbonyl (C=O) groups excluding carboxylic acids is 3. The van der Waals surface area contributed by atoms with Gasteiger partial charge in [0.25, 0.3) is 0 Å². The molecule has 1 spiro atoms. The van der Waals surface area contributed by atoms with Gasteiger partial charge >= 0.3 is 18.3 Å². The molecule has 0 bridgehead atoms. The van der Waals surface area contributed by atoms with Crippen LogP contribution in [-0.2, 0) is 50.5 Å². The second kappa shape index (κ2) is 13.9. The van der Waals surface area contributed by atoms with Crippen LogP contribution in [0.4, 0.5) is 37.8 Å². The number of nitrogens with one attached hydrogen (secondary N) is 3. The van der Waals surface area contributed by atoms with Crippen molar-refractivity contribution in [2.45, 2.75) is 57.5 Å². The number of alkyl halides is 6. The van der Waals surface area contributed by atoms with Crippen LogP contribution in [0.2, 0.25) is 0 Å². The van der Waals surface area contributed by atoms with Crippen molar-refractivity contribution in [1.29, 1.82) is 0 Å². The van der Waals surface area contributed by atoms with Crippen LogP contribution in [0.5, 0.6) is 0 Å². The van der Waals surface area contributed by atoms with E-state index in [9.17, 15) is 40.7 Å². The highest BCUT2D eigenvalue weighted by atomic mass is 19.4. The van der Waals surface area contributed by atoms with Crippen molar-refractivity contribution in [3.8, 4) is 0 Å². The van der Waals surface area contributed by atoms with Gasteiger partial charge in [-0.1, -0.05) is 36.4 Å². The third-order valence-electron chi connectivity index (χ3n) is 8.42. The Labute approximate surface area is 276 Å². The lowest BCUT2D eigenvalue weighted by atomic mass is 9.79. The maximum Gasteiger partial charge on any atom is 0.490 e. The van der Waals surface area contributed by atoms with Crippen molar-refractivity contribution < 1.29 is 50.6 Å². The van der Waals surface area contributed by atoms with Crippen molar-refractivity contribution in [2.75, 3.05) is 24.2 Å². The van der Waals surface area contributed by atoms with Crippen LogP contribution in [0.25, 0.3) is 0 Å². The van der Waals surface area contributed by atoms with Gasteiger partial charge in [-0.25, -0.2) is 9.78 Å². The van der Waals surface area contributed by atoms with Crippen molar-refractivity contribution in [2.24, 2.45) is 5.41 Å². The summed E-state index contributed by atoms with van der Waals surface area (Å²) >= 11 is 0. The zero-order valence-corrected chi connectivity index (χ0v) is 26.6. The van der Waals surface area contributed by atoms with Gasteiger partial charge in [0.2, 0.25) is 17.7 Å². The molecule has 0 radical (unpaired) electrons. The van der Waals surface area contributed by atoms with Crippen LogP contribution in [0.1, 0.15) is 41.7 Å². The normalized spacial score (nSPS) is 16.6. The van der Waals surface area contributed by atoms with Gasteiger partial charge in [0, 0.05) is 30.5 Å². The van der Waals surface area contributed by atoms with E-state index in [2.05, 4.69) is 20.9 Å². The zero-order chi connectivity index (χ0) is 36.4. The number of amides is 3. The van der Waals surface area contributed by atoms with Crippen LogP contribution in [0.3, 0.4) is 0 Å². The number of hydrogen-bond donors (Lipinski definition) is 4. The lowest BCUT2D eigenvalue weighted by Gasteiger charge is -2.33. The van der Waals surface area contributed by atoms with Crippen molar-refractivity contribution in [3.05, 3.63) is 88.6 Å². The summed E-state index contributed by atoms with van der Waals surface area (Å²) in [6.45, 7) is 1.35. The highest BCUT2D eigenvalue weighted by Crippen LogP contribution is 2.47. The van der Waals surface area contributed by atoms with Crippen molar-refractivity contribution >= 4 is 35.2 Å². The van der Waals surface area contributed by atoms with E-state index < -0.39 is 47.5 Å². The number of carboxylic acid groups (broad SMARTS) is 1. The Morgan fingerprint density at radius 1 is 0.959 bits per heavy atom. The largest absolute Gasteiger partial charge is 0.490 e. The van der Waals surface area contributed by atoms with Gasteiger partial charge in [-0.05, 0) is 74.2 Å². The molecule has 1 aliphatic heterocycles. The number of benzene rings is 2. The number of pyridine rings is 1. The van der Waals surface area contributed by atoms with Crippen LogP contribution in [0, 0.1) is 5.41 Å². The SMILES string of the molecule is CNCc1ccccc1CN(CC(=O)Nc1ccc2c(c1)C[C@@]1(C2)C(=O)Nc2ncccc21)C(=O)C(C)(C)C(F)(F)F.O=C(O)C(F)(F)F. The van der Waals surface area contributed by atoms with Gasteiger partial charge in [0.05, 0.1) is 5.41 Å². The topological polar surface area (TPSA) is 141 Å². The van der Waals surface area contributed by atoms with Crippen LogP contribution in [-0.4, -0.2) is 64.6 Å². The molecule has 3 amide bonds. The average Bonchev–Trinajstić information content (AvgIpc) is 3.53. The number of halogens is 6. The number of aliphatic carboxylic acids is 1. The quantitative estimate of drug-likeness (QED) is 0.244. The van der Waals surface area contributed by atoms with Gasteiger partial charge in [-0.2, -0.15) is 26.3 Å². The molecule has 1 aliphatic carbocycles. The molecule has 2 aliphatic rings. The first kappa shape index (κ1) is 36.8. The highest BCUT2D eigenvalue weighted by molar-refractivity contribution is 6.06. The van der Waals surface area contributed by atoms with E-state index in [1.807, 2.05) is 18.2 Å². The molecule has 0 saturated heterocycles. The van der Waals surface area contributed by atoms with E-state index in [1.165, 1.54) is 0 Å². The Kier molecular flexibility index (Phi) is 10.4. The van der Waals surface area contributed by atoms with Gasteiger partial charge < -0.3 is 26.0 Å². The highest BCUT2D eigenvalue weighted by Gasteiger charge is 2.55. The van der Waals surface area contributed by atoms with E-state index in [0.717, 1.165) is 41.0 Å². The average molecular weight is 694 g/mol. The maximum atomic E-state index is 13.8. The lowest BCUT2D eigenvalue weighted by Crippen LogP contribution is -2.50. The van der Waals surface area contributed by atoms with E-state index in [1.54, 1.807) is 49.6 Å². The van der Waals surface area contributed by atoms with Crippen LogP contribution >= 0.6 is 0 Å². The molecule has 1 aromatic heterocycles. The number of rotatable bonds is 8. The summed E-state index contributed by atoms with van der Waals surface area (Å²) < 4.78 is 73.3. The van der Waals surface area contributed by atoms with E-state index in [0.29, 0.717) is 36.5 Å². The molecule has 10 nitrogen and oxygen atoms in total. The first-order valence-electron chi connectivity index (χ1n) is 14.9. The molecule has 2 heterocycles. The minimum atomic E-state index is -5.08. The number of anilines is 2. The number of carboxylic acids is 1. The summed E-state index contributed by atoms with van der Waals surface area (Å²) in [5.74, 6) is -4.16. The number of nitrogens with zero attached hydrogens (tertiary/aromatic N) is 2. The molecule has 0 fully saturated rings. The first-order valence-corrected chi connectivity index (χ1v) is 14.9. The summed E-state index contributed by atoms with van der Waals surface area (Å²) in [5, 5.41) is 15.7. The third kappa shape index (κ3) is 7.85. The van der Waals surface area contributed by atoms with Crippen LogP contribution in [0.15, 0.2) is 60.8 Å². The van der Waals surface area contributed by atoms with Gasteiger partial charge in [0.1, 0.15) is 17.8 Å². The minimum absolute atomic E-state index is 0.127. The van der Waals surface area contributed by atoms with E-state index >= 15 is 0 Å². The molecule has 3 aromatic rings. The van der Waals surface area contributed by atoms with Crippen molar-refractivity contribution in [3.63, 3.8) is 0 Å². The molecule has 262 valence electrons. The Morgan fingerprint density at radius 3 is 2.20 bits per heavy atom. The zero-order valence-electron chi connectivity index (χ0n) is 26.6. The third-order valence-corrected chi connectivity index (χ3v) is 8.42. The standard InChI is InChI=1S/C31H32F3N5O3.C2HF3O2/c1-29(2,31(32,33)34)28(42)39(17-21-8-5-4-7-20(21)16-35-3)18-25(40)37-23-11-10-19-14-30(15-22(19)13-23)24-9-6-12-36-26(24)38-27(30)41;3-2(4,5)1(6)7/h4-13,35H,14-18H2,1-3H3,(H,37,40)(H,36,38,41);(H,6,7)/t30-;/m1./s1. The Hall–Kier alpha value is -4.99. The summed E-state index contributed by atoms with van der Waals surface area (Å²) in [4.78, 5) is 53.6. The van der Waals surface area contributed by atoms with E-state index in [-0.39, 0.29) is 12.5 Å². The Balaban J connectivity index is 0.000000698. The molecule has 1 atom stereocenters. The second-order valence-electron chi connectivity index (χ2n) is 12.2. The van der Waals surface area contributed by atoms with Crippen LogP contribution < -0.4 is 16.0 Å². The van der Waals surface area contributed by atoms with Gasteiger partial charge in [0.15, 0.2) is 0 Å². The fourth-order valence-electron chi connectivity index (χ4n) is 5.72. The first-order chi connectivity index (χ1) is 22.8. The molecule has 16 heteroatoms.